The summed E-state index contributed by atoms with van der Waals surface area (Å²) in [4.78, 5) is 0. The van der Waals surface area contributed by atoms with Crippen LogP contribution in [0.1, 0.15) is 31.1 Å². The lowest BCUT2D eigenvalue weighted by Gasteiger charge is -2.14. The van der Waals surface area contributed by atoms with Gasteiger partial charge in [-0.25, -0.2) is 0 Å². The van der Waals surface area contributed by atoms with E-state index in [2.05, 4.69) is 48.0 Å². The normalized spacial score (nSPS) is 11.6. The quantitative estimate of drug-likeness (QED) is 0.848. The standard InChI is InChI=1S/C14H21N3/c1-10(2)17-13(9-16-3)7-12-6-11(8-15)4-5-14(12)17/h4-7,10,16H,8-9,15H2,1-3H3. The van der Waals surface area contributed by atoms with E-state index in [1.165, 1.54) is 22.2 Å². The minimum absolute atomic E-state index is 0.472. The van der Waals surface area contributed by atoms with Gasteiger partial charge in [0.2, 0.25) is 0 Å². The van der Waals surface area contributed by atoms with E-state index in [0.717, 1.165) is 6.54 Å². The van der Waals surface area contributed by atoms with E-state index in [9.17, 15) is 0 Å². The molecule has 3 heteroatoms. The van der Waals surface area contributed by atoms with E-state index < -0.39 is 0 Å². The van der Waals surface area contributed by atoms with Crippen LogP contribution in [0.5, 0.6) is 0 Å². The Morgan fingerprint density at radius 2 is 2.06 bits per heavy atom. The van der Waals surface area contributed by atoms with Crippen LogP contribution in [0.2, 0.25) is 0 Å². The minimum atomic E-state index is 0.472. The molecule has 1 heterocycles. The number of fused-ring (bicyclic) bond motifs is 1. The average molecular weight is 231 g/mol. The second-order valence-corrected chi connectivity index (χ2v) is 4.73. The van der Waals surface area contributed by atoms with Gasteiger partial charge in [0.25, 0.3) is 0 Å². The highest BCUT2D eigenvalue weighted by molar-refractivity contribution is 5.82. The number of benzene rings is 1. The molecule has 17 heavy (non-hydrogen) atoms. The first kappa shape index (κ1) is 12.1. The van der Waals surface area contributed by atoms with Crippen molar-refractivity contribution in [1.82, 2.24) is 9.88 Å². The second-order valence-electron chi connectivity index (χ2n) is 4.73. The van der Waals surface area contributed by atoms with E-state index >= 15 is 0 Å². The van der Waals surface area contributed by atoms with E-state index in [1.807, 2.05) is 7.05 Å². The third-order valence-electron chi connectivity index (χ3n) is 3.09. The van der Waals surface area contributed by atoms with Gasteiger partial charge in [-0.15, -0.1) is 0 Å². The number of nitrogens with one attached hydrogen (secondary N) is 1. The molecule has 0 spiro atoms. The Bertz CT molecular complexity index is 511. The number of hydrogen-bond donors (Lipinski definition) is 2. The first-order valence-corrected chi connectivity index (χ1v) is 6.14. The van der Waals surface area contributed by atoms with Gasteiger partial charge in [-0.05, 0) is 44.7 Å². The molecule has 0 bridgehead atoms. The van der Waals surface area contributed by atoms with Crippen LogP contribution in [0.3, 0.4) is 0 Å². The molecule has 3 N–H and O–H groups in total. The lowest BCUT2D eigenvalue weighted by atomic mass is 10.1. The predicted octanol–water partition coefficient (Wildman–Crippen LogP) is 2.40. The minimum Gasteiger partial charge on any atom is -0.341 e. The lowest BCUT2D eigenvalue weighted by Crippen LogP contribution is -2.12. The topological polar surface area (TPSA) is 43.0 Å². The molecule has 0 radical (unpaired) electrons. The van der Waals surface area contributed by atoms with Crippen molar-refractivity contribution in [2.24, 2.45) is 5.73 Å². The lowest BCUT2D eigenvalue weighted by molar-refractivity contribution is 0.581. The van der Waals surface area contributed by atoms with E-state index in [4.69, 9.17) is 5.73 Å². The Morgan fingerprint density at radius 3 is 2.65 bits per heavy atom. The van der Waals surface area contributed by atoms with Crippen LogP contribution in [0.15, 0.2) is 24.3 Å². The summed E-state index contributed by atoms with van der Waals surface area (Å²) in [5.74, 6) is 0. The fraction of sp³-hybridized carbons (Fsp3) is 0.429. The summed E-state index contributed by atoms with van der Waals surface area (Å²) in [5, 5.41) is 4.51. The molecule has 0 saturated carbocycles. The number of rotatable bonds is 4. The van der Waals surface area contributed by atoms with E-state index in [1.54, 1.807) is 0 Å². The highest BCUT2D eigenvalue weighted by Crippen LogP contribution is 2.25. The number of hydrogen-bond acceptors (Lipinski definition) is 2. The SMILES string of the molecule is CNCc1cc2cc(CN)ccc2n1C(C)C. The van der Waals surface area contributed by atoms with Crippen LogP contribution in [-0.2, 0) is 13.1 Å². The highest BCUT2D eigenvalue weighted by atomic mass is 15.0. The zero-order valence-corrected chi connectivity index (χ0v) is 10.8. The second kappa shape index (κ2) is 4.90. The highest BCUT2D eigenvalue weighted by Gasteiger charge is 2.10. The first-order chi connectivity index (χ1) is 8.17. The van der Waals surface area contributed by atoms with Crippen molar-refractivity contribution in [1.29, 1.82) is 0 Å². The summed E-state index contributed by atoms with van der Waals surface area (Å²) in [6, 6.07) is 9.21. The fourth-order valence-electron chi connectivity index (χ4n) is 2.40. The molecule has 0 aliphatic heterocycles. The number of nitrogens with zero attached hydrogens (tertiary/aromatic N) is 1. The van der Waals surface area contributed by atoms with Gasteiger partial charge >= 0.3 is 0 Å². The third kappa shape index (κ3) is 2.21. The van der Waals surface area contributed by atoms with Crippen molar-refractivity contribution >= 4 is 10.9 Å². The molecule has 1 aromatic carbocycles. The Kier molecular flexibility index (Phi) is 3.50. The maximum Gasteiger partial charge on any atom is 0.0485 e. The molecule has 1 aromatic heterocycles. The van der Waals surface area contributed by atoms with Crippen molar-refractivity contribution in [2.75, 3.05) is 7.05 Å². The summed E-state index contributed by atoms with van der Waals surface area (Å²) >= 11 is 0. The molecule has 0 atom stereocenters. The van der Waals surface area contributed by atoms with Crippen molar-refractivity contribution in [2.45, 2.75) is 33.0 Å². The van der Waals surface area contributed by atoms with Gasteiger partial charge in [-0.1, -0.05) is 6.07 Å². The van der Waals surface area contributed by atoms with Crippen LogP contribution in [-0.4, -0.2) is 11.6 Å². The Balaban J connectivity index is 2.61. The van der Waals surface area contributed by atoms with Gasteiger partial charge in [-0.2, -0.15) is 0 Å². The Hall–Kier alpha value is -1.32. The largest absolute Gasteiger partial charge is 0.341 e. The molecule has 3 nitrogen and oxygen atoms in total. The van der Waals surface area contributed by atoms with Crippen LogP contribution in [0.4, 0.5) is 0 Å². The first-order valence-electron chi connectivity index (χ1n) is 6.14. The third-order valence-corrected chi connectivity index (χ3v) is 3.09. The molecule has 0 aliphatic rings. The fourth-order valence-corrected chi connectivity index (χ4v) is 2.40. The van der Waals surface area contributed by atoms with Crippen molar-refractivity contribution in [3.8, 4) is 0 Å². The van der Waals surface area contributed by atoms with Gasteiger partial charge in [0.15, 0.2) is 0 Å². The van der Waals surface area contributed by atoms with Crippen LogP contribution >= 0.6 is 0 Å². The summed E-state index contributed by atoms with van der Waals surface area (Å²) in [5.41, 5.74) is 9.49. The molecular weight excluding hydrogens is 210 g/mol. The molecule has 2 aromatic rings. The van der Waals surface area contributed by atoms with Crippen molar-refractivity contribution < 1.29 is 0 Å². The monoisotopic (exact) mass is 231 g/mol. The van der Waals surface area contributed by atoms with Crippen molar-refractivity contribution in [3.63, 3.8) is 0 Å². The molecule has 0 unspecified atom stereocenters. The molecule has 92 valence electrons. The Labute approximate surface area is 103 Å². The molecular formula is C14H21N3. The molecule has 0 fully saturated rings. The van der Waals surface area contributed by atoms with Gasteiger partial charge in [0, 0.05) is 35.7 Å². The smallest absolute Gasteiger partial charge is 0.0485 e. The molecule has 0 amide bonds. The van der Waals surface area contributed by atoms with Gasteiger partial charge in [-0.3, -0.25) is 0 Å². The number of aromatic nitrogens is 1. The average Bonchev–Trinajstić information content (AvgIpc) is 2.66. The molecule has 2 rings (SSSR count). The zero-order valence-electron chi connectivity index (χ0n) is 10.8. The number of nitrogens with two attached hydrogens (primary N) is 1. The van der Waals surface area contributed by atoms with Crippen LogP contribution < -0.4 is 11.1 Å². The summed E-state index contributed by atoms with van der Waals surface area (Å²) in [7, 11) is 1.98. The summed E-state index contributed by atoms with van der Waals surface area (Å²) in [6.07, 6.45) is 0. The zero-order chi connectivity index (χ0) is 12.4. The van der Waals surface area contributed by atoms with Crippen LogP contribution in [0, 0.1) is 0 Å². The molecule has 0 saturated heterocycles. The van der Waals surface area contributed by atoms with E-state index in [0.29, 0.717) is 12.6 Å². The van der Waals surface area contributed by atoms with Crippen molar-refractivity contribution in [3.05, 3.63) is 35.5 Å². The summed E-state index contributed by atoms with van der Waals surface area (Å²) < 4.78 is 2.38. The van der Waals surface area contributed by atoms with Gasteiger partial charge < -0.3 is 15.6 Å². The van der Waals surface area contributed by atoms with Crippen LogP contribution in [0.25, 0.3) is 10.9 Å². The van der Waals surface area contributed by atoms with Gasteiger partial charge in [0.1, 0.15) is 0 Å². The maximum absolute atomic E-state index is 5.69. The molecule has 0 aliphatic carbocycles. The Morgan fingerprint density at radius 1 is 1.29 bits per heavy atom. The van der Waals surface area contributed by atoms with Gasteiger partial charge in [0.05, 0.1) is 0 Å². The summed E-state index contributed by atoms with van der Waals surface area (Å²) in [6.45, 7) is 5.93. The maximum atomic E-state index is 5.69. The van der Waals surface area contributed by atoms with E-state index in [-0.39, 0.29) is 0 Å². The predicted molar refractivity (Wildman–Crippen MR) is 73.0 cm³/mol.